The maximum Gasteiger partial charge on any atom is 0.417 e. The number of rotatable bonds is 1. The van der Waals surface area contributed by atoms with Crippen LogP contribution in [0.2, 0.25) is 0 Å². The molecule has 1 aromatic carbocycles. The third-order valence-electron chi connectivity index (χ3n) is 2.19. The fourth-order valence-corrected chi connectivity index (χ4v) is 2.26. The minimum absolute atomic E-state index is 0.0212. The van der Waals surface area contributed by atoms with Gasteiger partial charge in [-0.25, -0.2) is 0 Å². The molecular weight excluding hydrogens is 428 g/mol. The molecule has 0 radical (unpaired) electrons. The van der Waals surface area contributed by atoms with Crippen LogP contribution in [0.1, 0.15) is 5.56 Å². The minimum atomic E-state index is -4.48. The van der Waals surface area contributed by atoms with E-state index in [4.69, 9.17) is 10.3 Å². The average molecular weight is 433 g/mol. The summed E-state index contributed by atoms with van der Waals surface area (Å²) in [5, 5.41) is 3.45. The summed E-state index contributed by atoms with van der Waals surface area (Å²) in [6.45, 7) is 0. The summed E-state index contributed by atoms with van der Waals surface area (Å²) in [7, 11) is 0. The molecule has 0 amide bonds. The van der Waals surface area contributed by atoms with Gasteiger partial charge in [-0.2, -0.15) is 13.2 Å². The molecule has 2 N–H and O–H groups in total. The van der Waals surface area contributed by atoms with Gasteiger partial charge in [-0.05, 0) is 40.8 Å². The lowest BCUT2D eigenvalue weighted by Crippen LogP contribution is -2.07. The second-order valence-electron chi connectivity index (χ2n) is 3.40. The van der Waals surface area contributed by atoms with E-state index in [0.29, 0.717) is 8.04 Å². The molecule has 0 aliphatic rings. The molecule has 0 saturated heterocycles. The Balaban J connectivity index is 2.68. The van der Waals surface area contributed by atoms with Crippen molar-refractivity contribution in [3.05, 3.63) is 31.8 Å². The molecule has 0 aliphatic heterocycles. The Kier molecular flexibility index (Phi) is 3.58. The van der Waals surface area contributed by atoms with Gasteiger partial charge in [0.2, 0.25) is 0 Å². The molecule has 0 aliphatic carbocycles. The molecule has 0 spiro atoms. The first-order chi connectivity index (χ1) is 8.30. The zero-order valence-corrected chi connectivity index (χ0v) is 12.3. The largest absolute Gasteiger partial charge is 0.417 e. The first kappa shape index (κ1) is 13.7. The minimum Gasteiger partial charge on any atom is -0.380 e. The van der Waals surface area contributed by atoms with Gasteiger partial charge < -0.3 is 10.3 Å². The number of nitrogens with zero attached hydrogens (tertiary/aromatic N) is 1. The molecule has 96 valence electrons. The Bertz CT molecular complexity index is 597. The molecule has 2 aromatic rings. The van der Waals surface area contributed by atoms with Gasteiger partial charge in [0.25, 0.3) is 0 Å². The molecule has 0 fully saturated rings. The van der Waals surface area contributed by atoms with Gasteiger partial charge in [-0.1, -0.05) is 21.1 Å². The van der Waals surface area contributed by atoms with E-state index in [0.717, 1.165) is 6.07 Å². The predicted molar refractivity (Wildman–Crippen MR) is 71.8 cm³/mol. The van der Waals surface area contributed by atoms with Gasteiger partial charge in [0.05, 0.1) is 5.56 Å². The lowest BCUT2D eigenvalue weighted by Gasteiger charge is -2.11. The van der Waals surface area contributed by atoms with Crippen molar-refractivity contribution in [2.75, 3.05) is 5.73 Å². The molecule has 3 nitrogen and oxygen atoms in total. The summed E-state index contributed by atoms with van der Waals surface area (Å²) in [5.74, 6) is 0.0922. The number of hydrogen-bond donors (Lipinski definition) is 1. The smallest absolute Gasteiger partial charge is 0.380 e. The summed E-state index contributed by atoms with van der Waals surface area (Å²) in [6.07, 6.45) is -4.48. The maximum absolute atomic E-state index is 12.9. The number of nitrogen functional groups attached to an aromatic ring is 1. The van der Waals surface area contributed by atoms with Gasteiger partial charge in [0.1, 0.15) is 3.57 Å². The number of anilines is 1. The number of hydrogen-bond acceptors (Lipinski definition) is 3. The van der Waals surface area contributed by atoms with Gasteiger partial charge in [-0.15, -0.1) is 0 Å². The summed E-state index contributed by atoms with van der Waals surface area (Å²) in [5.41, 5.74) is 4.58. The molecule has 1 aromatic heterocycles. The average Bonchev–Trinajstić information content (AvgIpc) is 2.59. The lowest BCUT2D eigenvalue weighted by molar-refractivity contribution is -0.137. The number of aromatic nitrogens is 1. The second-order valence-corrected chi connectivity index (χ2v) is 5.39. The van der Waals surface area contributed by atoms with E-state index in [1.54, 1.807) is 22.6 Å². The normalized spacial score (nSPS) is 11.8. The van der Waals surface area contributed by atoms with Crippen molar-refractivity contribution in [2.24, 2.45) is 0 Å². The maximum atomic E-state index is 12.9. The van der Waals surface area contributed by atoms with Crippen molar-refractivity contribution in [1.82, 2.24) is 5.16 Å². The quantitative estimate of drug-likeness (QED) is 0.683. The Morgan fingerprint density at radius 1 is 1.33 bits per heavy atom. The highest BCUT2D eigenvalue weighted by Gasteiger charge is 2.35. The molecule has 2 rings (SSSR count). The van der Waals surface area contributed by atoms with Crippen molar-refractivity contribution < 1.29 is 17.7 Å². The lowest BCUT2D eigenvalue weighted by atomic mass is 10.1. The zero-order valence-electron chi connectivity index (χ0n) is 8.55. The van der Waals surface area contributed by atoms with E-state index < -0.39 is 11.7 Å². The Morgan fingerprint density at radius 2 is 2.00 bits per heavy atom. The Labute approximate surface area is 122 Å². The third-order valence-corrected chi connectivity index (χ3v) is 3.73. The summed E-state index contributed by atoms with van der Waals surface area (Å²) in [4.78, 5) is 0. The van der Waals surface area contributed by atoms with Crippen LogP contribution in [0.4, 0.5) is 19.0 Å². The Morgan fingerprint density at radius 3 is 2.50 bits per heavy atom. The molecule has 0 bridgehead atoms. The van der Waals surface area contributed by atoms with Gasteiger partial charge in [0, 0.05) is 10.0 Å². The molecule has 0 unspecified atom stereocenters. The fourth-order valence-electron chi connectivity index (χ4n) is 1.41. The van der Waals surface area contributed by atoms with E-state index >= 15 is 0 Å². The van der Waals surface area contributed by atoms with Crippen LogP contribution in [0.5, 0.6) is 0 Å². The van der Waals surface area contributed by atoms with Crippen molar-refractivity contribution in [2.45, 2.75) is 6.18 Å². The van der Waals surface area contributed by atoms with Crippen LogP contribution < -0.4 is 5.73 Å². The SMILES string of the molecule is Nc1noc(-c2ccc(Br)cc2C(F)(F)F)c1I. The number of alkyl halides is 3. The Hall–Kier alpha value is -0.770. The third kappa shape index (κ3) is 2.48. The van der Waals surface area contributed by atoms with E-state index in [-0.39, 0.29) is 17.1 Å². The predicted octanol–water partition coefficient (Wildman–Crippen LogP) is 4.31. The van der Waals surface area contributed by atoms with Crippen LogP contribution in [0.15, 0.2) is 27.2 Å². The number of nitrogens with two attached hydrogens (primary N) is 1. The van der Waals surface area contributed by atoms with E-state index in [1.165, 1.54) is 12.1 Å². The summed E-state index contributed by atoms with van der Waals surface area (Å²) < 4.78 is 44.4. The number of benzene rings is 1. The summed E-state index contributed by atoms with van der Waals surface area (Å²) >= 11 is 4.81. The van der Waals surface area contributed by atoms with Crippen molar-refractivity contribution in [3.63, 3.8) is 0 Å². The molecule has 1 heterocycles. The highest BCUT2D eigenvalue weighted by Crippen LogP contribution is 2.40. The first-order valence-electron chi connectivity index (χ1n) is 4.58. The standard InChI is InChI=1S/C10H5BrF3IN2O/c11-4-1-2-5(6(3-4)10(12,13)14)8-7(15)9(16)17-18-8/h1-3H,(H2,16,17). The van der Waals surface area contributed by atoms with Crippen LogP contribution in [-0.4, -0.2) is 5.16 Å². The molecular formula is C10H5BrF3IN2O. The van der Waals surface area contributed by atoms with Crippen LogP contribution in [0.25, 0.3) is 11.3 Å². The van der Waals surface area contributed by atoms with E-state index in [2.05, 4.69) is 21.1 Å². The van der Waals surface area contributed by atoms with Crippen LogP contribution in [-0.2, 0) is 6.18 Å². The second kappa shape index (κ2) is 4.72. The fraction of sp³-hybridized carbons (Fsp3) is 0.100. The van der Waals surface area contributed by atoms with Crippen molar-refractivity contribution in [1.29, 1.82) is 0 Å². The van der Waals surface area contributed by atoms with Crippen molar-refractivity contribution in [3.8, 4) is 11.3 Å². The molecule has 8 heteroatoms. The van der Waals surface area contributed by atoms with E-state index in [1.807, 2.05) is 0 Å². The van der Waals surface area contributed by atoms with E-state index in [9.17, 15) is 13.2 Å². The monoisotopic (exact) mass is 432 g/mol. The molecule has 18 heavy (non-hydrogen) atoms. The highest BCUT2D eigenvalue weighted by atomic mass is 127. The van der Waals surface area contributed by atoms with Crippen molar-refractivity contribution >= 4 is 44.3 Å². The van der Waals surface area contributed by atoms with Gasteiger partial charge >= 0.3 is 6.18 Å². The number of halogens is 5. The summed E-state index contributed by atoms with van der Waals surface area (Å²) in [6, 6.07) is 3.80. The molecule has 0 atom stereocenters. The highest BCUT2D eigenvalue weighted by molar-refractivity contribution is 14.1. The van der Waals surface area contributed by atoms with Crippen LogP contribution in [0, 0.1) is 3.57 Å². The zero-order chi connectivity index (χ0) is 13.5. The van der Waals surface area contributed by atoms with Gasteiger partial charge in [-0.3, -0.25) is 0 Å². The topological polar surface area (TPSA) is 52.0 Å². The van der Waals surface area contributed by atoms with Crippen LogP contribution in [0.3, 0.4) is 0 Å². The van der Waals surface area contributed by atoms with Crippen LogP contribution >= 0.6 is 38.5 Å². The first-order valence-corrected chi connectivity index (χ1v) is 6.45. The molecule has 0 saturated carbocycles. The van der Waals surface area contributed by atoms with Gasteiger partial charge in [0.15, 0.2) is 11.6 Å².